The van der Waals surface area contributed by atoms with Crippen LogP contribution in [0.5, 0.6) is 0 Å². The average molecular weight is 280 g/mol. The van der Waals surface area contributed by atoms with Gasteiger partial charge in [-0.25, -0.2) is 4.79 Å². The number of benzene rings is 2. The third-order valence-electron chi connectivity index (χ3n) is 4.06. The normalized spacial score (nSPS) is 16.3. The number of anilines is 1. The highest BCUT2D eigenvalue weighted by Gasteiger charge is 2.23. The lowest BCUT2D eigenvalue weighted by molar-refractivity contribution is 0.248. The van der Waals surface area contributed by atoms with Crippen LogP contribution in [-0.2, 0) is 12.8 Å². The predicted molar refractivity (Wildman–Crippen MR) is 85.5 cm³/mol. The second-order valence-electron chi connectivity index (χ2n) is 5.44. The fourth-order valence-electron chi connectivity index (χ4n) is 2.86. The highest BCUT2D eigenvalue weighted by Crippen LogP contribution is 2.30. The first-order chi connectivity index (χ1) is 10.3. The van der Waals surface area contributed by atoms with Gasteiger partial charge >= 0.3 is 6.03 Å². The zero-order chi connectivity index (χ0) is 14.7. The Hall–Kier alpha value is -2.29. The molecular weight excluding hydrogens is 260 g/mol. The summed E-state index contributed by atoms with van der Waals surface area (Å²) in [4.78, 5) is 12.1. The Balaban J connectivity index is 1.62. The summed E-state index contributed by atoms with van der Waals surface area (Å²) in [6.07, 6.45) is 3.01. The monoisotopic (exact) mass is 280 g/mol. The Morgan fingerprint density at radius 1 is 1.14 bits per heavy atom. The summed E-state index contributed by atoms with van der Waals surface area (Å²) >= 11 is 0. The van der Waals surface area contributed by atoms with Crippen LogP contribution in [0.3, 0.4) is 0 Å². The molecule has 2 aromatic carbocycles. The summed E-state index contributed by atoms with van der Waals surface area (Å²) in [5.74, 6) is 0. The molecule has 3 rings (SSSR count). The van der Waals surface area contributed by atoms with Crippen molar-refractivity contribution in [2.24, 2.45) is 0 Å². The minimum absolute atomic E-state index is 0.121. The van der Waals surface area contributed by atoms with Gasteiger partial charge in [-0.3, -0.25) is 0 Å². The van der Waals surface area contributed by atoms with Crippen LogP contribution in [0.15, 0.2) is 48.5 Å². The molecule has 0 bridgehead atoms. The van der Waals surface area contributed by atoms with Crippen LogP contribution in [0.4, 0.5) is 10.5 Å². The quantitative estimate of drug-likeness (QED) is 0.874. The molecule has 3 nitrogen and oxygen atoms in total. The molecule has 0 fully saturated rings. The molecule has 108 valence electrons. The van der Waals surface area contributed by atoms with Gasteiger partial charge in [-0.05, 0) is 48.1 Å². The number of nitrogens with one attached hydrogen (secondary N) is 2. The number of carbonyl (C=O) groups is 1. The van der Waals surface area contributed by atoms with Gasteiger partial charge in [0.25, 0.3) is 0 Å². The molecular formula is C18H20N2O. The van der Waals surface area contributed by atoms with Crippen LogP contribution in [0, 0.1) is 0 Å². The van der Waals surface area contributed by atoms with Crippen molar-refractivity contribution in [2.75, 3.05) is 5.32 Å². The van der Waals surface area contributed by atoms with Gasteiger partial charge < -0.3 is 10.6 Å². The van der Waals surface area contributed by atoms with E-state index in [1.165, 1.54) is 16.7 Å². The van der Waals surface area contributed by atoms with Gasteiger partial charge in [-0.2, -0.15) is 0 Å². The molecule has 1 atom stereocenters. The number of rotatable bonds is 3. The number of urea groups is 1. The summed E-state index contributed by atoms with van der Waals surface area (Å²) in [5, 5.41) is 5.96. The molecule has 21 heavy (non-hydrogen) atoms. The number of carbonyl (C=O) groups excluding carboxylic acids is 1. The maximum atomic E-state index is 12.1. The Morgan fingerprint density at radius 3 is 2.67 bits per heavy atom. The third kappa shape index (κ3) is 3.07. The minimum atomic E-state index is -0.138. The van der Waals surface area contributed by atoms with Crippen molar-refractivity contribution in [2.45, 2.75) is 32.2 Å². The molecule has 1 aliphatic carbocycles. The minimum Gasteiger partial charge on any atom is -0.331 e. The smallest absolute Gasteiger partial charge is 0.319 e. The van der Waals surface area contributed by atoms with E-state index in [-0.39, 0.29) is 12.1 Å². The molecule has 0 aromatic heterocycles. The number of fused-ring (bicyclic) bond motifs is 1. The first-order valence-electron chi connectivity index (χ1n) is 7.50. The first-order valence-corrected chi connectivity index (χ1v) is 7.50. The lowest BCUT2D eigenvalue weighted by atomic mass is 10.1. The van der Waals surface area contributed by atoms with E-state index in [2.05, 4.69) is 35.8 Å². The Bertz CT molecular complexity index is 634. The van der Waals surface area contributed by atoms with E-state index in [1.807, 2.05) is 30.3 Å². The van der Waals surface area contributed by atoms with Gasteiger partial charge in [-0.15, -0.1) is 0 Å². The van der Waals surface area contributed by atoms with Gasteiger partial charge in [0.1, 0.15) is 0 Å². The Morgan fingerprint density at radius 2 is 1.90 bits per heavy atom. The molecule has 0 saturated carbocycles. The van der Waals surface area contributed by atoms with Crippen molar-refractivity contribution in [1.29, 1.82) is 0 Å². The van der Waals surface area contributed by atoms with Crippen molar-refractivity contribution in [3.8, 4) is 0 Å². The molecule has 1 aliphatic rings. The molecule has 0 unspecified atom stereocenters. The second-order valence-corrected chi connectivity index (χ2v) is 5.44. The fourth-order valence-corrected chi connectivity index (χ4v) is 2.86. The maximum Gasteiger partial charge on any atom is 0.319 e. The van der Waals surface area contributed by atoms with Gasteiger partial charge in [0.05, 0.1) is 6.04 Å². The van der Waals surface area contributed by atoms with E-state index in [1.54, 1.807) is 0 Å². The van der Waals surface area contributed by atoms with Gasteiger partial charge in [-0.1, -0.05) is 43.3 Å². The van der Waals surface area contributed by atoms with E-state index in [4.69, 9.17) is 0 Å². The van der Waals surface area contributed by atoms with Crippen molar-refractivity contribution >= 4 is 11.7 Å². The maximum absolute atomic E-state index is 12.1. The molecule has 0 saturated heterocycles. The highest BCUT2D eigenvalue weighted by atomic mass is 16.2. The molecule has 0 radical (unpaired) electrons. The van der Waals surface area contributed by atoms with Crippen LogP contribution in [0.1, 0.15) is 36.1 Å². The van der Waals surface area contributed by atoms with E-state index in [9.17, 15) is 4.79 Å². The molecule has 0 heterocycles. The van der Waals surface area contributed by atoms with Crippen molar-refractivity contribution in [1.82, 2.24) is 5.32 Å². The van der Waals surface area contributed by atoms with Gasteiger partial charge in [0.15, 0.2) is 0 Å². The van der Waals surface area contributed by atoms with E-state index < -0.39 is 0 Å². The van der Waals surface area contributed by atoms with Gasteiger partial charge in [0, 0.05) is 5.69 Å². The zero-order valence-electron chi connectivity index (χ0n) is 12.2. The summed E-state index contributed by atoms with van der Waals surface area (Å²) in [5.41, 5.74) is 4.69. The van der Waals surface area contributed by atoms with Crippen LogP contribution in [0.25, 0.3) is 0 Å². The lowest BCUT2D eigenvalue weighted by Crippen LogP contribution is -2.31. The topological polar surface area (TPSA) is 41.1 Å². The third-order valence-corrected chi connectivity index (χ3v) is 4.06. The SMILES string of the molecule is CCc1ccc(NC(=O)N[C@H]2CCc3ccccc32)cc1. The summed E-state index contributed by atoms with van der Waals surface area (Å²) in [6, 6.07) is 16.3. The number of aryl methyl sites for hydroxylation is 2. The van der Waals surface area contributed by atoms with Crippen LogP contribution < -0.4 is 10.6 Å². The molecule has 2 amide bonds. The first kappa shape index (κ1) is 13.7. The number of amides is 2. The van der Waals surface area contributed by atoms with Gasteiger partial charge in [0.2, 0.25) is 0 Å². The molecule has 0 spiro atoms. The Kier molecular flexibility index (Phi) is 3.91. The largest absolute Gasteiger partial charge is 0.331 e. The van der Waals surface area contributed by atoms with E-state index >= 15 is 0 Å². The summed E-state index contributed by atoms with van der Waals surface area (Å²) in [6.45, 7) is 2.12. The molecule has 2 aromatic rings. The highest BCUT2D eigenvalue weighted by molar-refractivity contribution is 5.89. The fraction of sp³-hybridized carbons (Fsp3) is 0.278. The van der Waals surface area contributed by atoms with Crippen molar-refractivity contribution < 1.29 is 4.79 Å². The van der Waals surface area contributed by atoms with E-state index in [0.717, 1.165) is 24.9 Å². The summed E-state index contributed by atoms with van der Waals surface area (Å²) in [7, 11) is 0. The average Bonchev–Trinajstić information content (AvgIpc) is 2.91. The number of hydrogen-bond donors (Lipinski definition) is 2. The zero-order valence-corrected chi connectivity index (χ0v) is 12.2. The van der Waals surface area contributed by atoms with Crippen LogP contribution >= 0.6 is 0 Å². The standard InChI is InChI=1S/C18H20N2O/c1-2-13-7-10-15(11-8-13)19-18(21)20-17-12-9-14-5-3-4-6-16(14)17/h3-8,10-11,17H,2,9,12H2,1H3,(H2,19,20,21)/t17-/m0/s1. The molecule has 3 heteroatoms. The van der Waals surface area contributed by atoms with Crippen LogP contribution in [0.2, 0.25) is 0 Å². The van der Waals surface area contributed by atoms with Crippen molar-refractivity contribution in [3.05, 3.63) is 65.2 Å². The molecule has 0 aliphatic heterocycles. The second kappa shape index (κ2) is 6.00. The number of hydrogen-bond acceptors (Lipinski definition) is 1. The predicted octanol–water partition coefficient (Wildman–Crippen LogP) is 4.06. The molecule has 2 N–H and O–H groups in total. The van der Waals surface area contributed by atoms with Crippen molar-refractivity contribution in [3.63, 3.8) is 0 Å². The summed E-state index contributed by atoms with van der Waals surface area (Å²) < 4.78 is 0. The van der Waals surface area contributed by atoms with E-state index in [0.29, 0.717) is 0 Å². The Labute approximate surface area is 125 Å². The van der Waals surface area contributed by atoms with Crippen LogP contribution in [-0.4, -0.2) is 6.03 Å². The lowest BCUT2D eigenvalue weighted by Gasteiger charge is -2.15.